The number of allylic oxidation sites excluding steroid dienone is 2. The summed E-state index contributed by atoms with van der Waals surface area (Å²) in [5.74, 6) is 6.32. The molecule has 0 radical (unpaired) electrons. The van der Waals surface area contributed by atoms with E-state index in [4.69, 9.17) is 9.47 Å². The first-order chi connectivity index (χ1) is 42.2. The number of aldehydes is 1. The molecule has 15 bridgehead atoms. The van der Waals surface area contributed by atoms with Gasteiger partial charge >= 0.3 is 5.97 Å². The number of hydrogen-bond acceptors (Lipinski definition) is 10. The van der Waals surface area contributed by atoms with Crippen molar-refractivity contribution in [3.05, 3.63) is 129 Å². The lowest BCUT2D eigenvalue weighted by Gasteiger charge is -2.75. The van der Waals surface area contributed by atoms with E-state index in [2.05, 4.69) is 83.9 Å². The molecule has 460 valence electrons. The molecule has 2 aliphatic heterocycles. The molecule has 10 fully saturated rings. The Morgan fingerprint density at radius 3 is 2.39 bits per heavy atom. The zero-order chi connectivity index (χ0) is 59.0. The summed E-state index contributed by atoms with van der Waals surface area (Å²) in [5, 5.41) is 75.7. The van der Waals surface area contributed by atoms with Gasteiger partial charge in [-0.2, -0.15) is 0 Å². The lowest BCUT2D eigenvalue weighted by Crippen LogP contribution is -2.87. The number of aliphatic hydroxyl groups is 5. The van der Waals surface area contributed by atoms with E-state index in [0.717, 1.165) is 99.2 Å². The highest BCUT2D eigenvalue weighted by Gasteiger charge is 2.88. The van der Waals surface area contributed by atoms with Gasteiger partial charge in [0.1, 0.15) is 23.6 Å². The summed E-state index contributed by atoms with van der Waals surface area (Å²) < 4.78 is 14.0. The van der Waals surface area contributed by atoms with E-state index in [-0.39, 0.29) is 66.7 Å². The van der Waals surface area contributed by atoms with Crippen molar-refractivity contribution in [3.8, 4) is 11.8 Å². The number of carbonyl (C=O) groups is 2. The molecule has 10 nitrogen and oxygen atoms in total. The zero-order valence-corrected chi connectivity index (χ0v) is 51.2. The van der Waals surface area contributed by atoms with E-state index in [1.807, 2.05) is 19.2 Å². The Morgan fingerprint density at radius 1 is 0.770 bits per heavy atom. The number of nitrogens with one attached hydrogen (secondary N) is 1. The third kappa shape index (κ3) is 7.84. The number of aliphatic hydroxyl groups excluding tert-OH is 2. The molecule has 1 saturated heterocycles. The Hall–Kier alpha value is -4.44. The van der Waals surface area contributed by atoms with E-state index in [1.54, 1.807) is 6.08 Å². The Labute approximate surface area is 515 Å². The van der Waals surface area contributed by atoms with Crippen LogP contribution in [0.1, 0.15) is 167 Å². The number of ether oxygens (including phenoxy) is 2. The molecule has 3 spiro atoms. The maximum absolute atomic E-state index is 15.9. The lowest BCUT2D eigenvalue weighted by atomic mass is 9.32. The minimum Gasteiger partial charge on any atom is -0.454 e. The van der Waals surface area contributed by atoms with Crippen LogP contribution in [-0.2, 0) is 51.4 Å². The van der Waals surface area contributed by atoms with Gasteiger partial charge in [-0.25, -0.2) is 4.79 Å². The summed E-state index contributed by atoms with van der Waals surface area (Å²) in [4.78, 5) is 30.2. The second kappa shape index (κ2) is 20.3. The minimum atomic E-state index is -2.24. The molecule has 9 saturated carbocycles. The van der Waals surface area contributed by atoms with Crippen LogP contribution in [0.2, 0.25) is 0 Å². The van der Waals surface area contributed by atoms with Crippen LogP contribution in [0.25, 0.3) is 0 Å². The summed E-state index contributed by atoms with van der Waals surface area (Å²) in [7, 11) is 1.97. The quantitative estimate of drug-likeness (QED) is 0.0641. The molecule has 10 heteroatoms. The highest BCUT2D eigenvalue weighted by Crippen LogP contribution is 2.81. The molecule has 0 amide bonds. The third-order valence-corrected chi connectivity index (χ3v) is 28.9. The molecule has 2 heterocycles. The molecule has 3 aromatic rings. The van der Waals surface area contributed by atoms with Crippen LogP contribution in [0, 0.1) is 110 Å². The molecule has 23 atom stereocenters. The van der Waals surface area contributed by atoms with Gasteiger partial charge in [-0.1, -0.05) is 110 Å². The maximum Gasteiger partial charge on any atom is 0.331 e. The topological polar surface area (TPSA) is 166 Å². The number of fused-ring (bicyclic) bond motifs is 5. The van der Waals surface area contributed by atoms with Crippen LogP contribution in [-0.4, -0.2) is 92.6 Å². The fourth-order valence-corrected chi connectivity index (χ4v) is 26.0. The van der Waals surface area contributed by atoms with Gasteiger partial charge in [0, 0.05) is 64.2 Å². The molecule has 0 aromatic heterocycles. The standard InChI is InChI=1S/C77H93NO9/c1-78-64-36-58-52(14-6-16-54(58)41-79)21-25-71-24-20-50(38-71)31-48-11-5-10-47(30-48)29-46-9-4-8-45(28-46)18-19-49-32-56-23-27-86-70-63-34-53-15-7-17-57(51-12-2-3-13-51)59(53)35-62-69(82)77(85)65(74(44-80,76(62,63)84)43-72(56,70)39-49)22-26-73(42-71)67-55(40-75(73,77)83)33-60(64)68-61(67)37-66(81)87-68/h4-11,14-16,28,30,37,44,49-51,53,55-57,59-60,62-65,67-70,78-79,82-85H,2-3,12-13,17-20,22-24,26-27,29,31-36,38-43H2,1H3. The van der Waals surface area contributed by atoms with Crippen molar-refractivity contribution in [1.82, 2.24) is 5.32 Å². The Bertz CT molecular complexity index is 3410. The molecule has 87 heavy (non-hydrogen) atoms. The second-order valence-electron chi connectivity index (χ2n) is 32.2. The largest absolute Gasteiger partial charge is 0.454 e. The van der Waals surface area contributed by atoms with Gasteiger partial charge in [0.05, 0.1) is 29.8 Å². The highest BCUT2D eigenvalue weighted by molar-refractivity contribution is 5.86. The van der Waals surface area contributed by atoms with Gasteiger partial charge in [-0.05, 0) is 234 Å². The third-order valence-electron chi connectivity index (χ3n) is 28.9. The van der Waals surface area contributed by atoms with Gasteiger partial charge in [-0.15, -0.1) is 0 Å². The van der Waals surface area contributed by atoms with E-state index < -0.39 is 74.3 Å². The van der Waals surface area contributed by atoms with Crippen LogP contribution in [0.5, 0.6) is 0 Å². The SMILES string of the molecule is CNC1Cc2c(cccc2CO)C#CC23CCC(Cc4cccc(c4)Cc4cccc(c4)CCC4CC5CCOC6C7CC8C=CCC(C9CCCC9)C8CC8C(O)C9(O)C(CCC%10(C2)C2C%11=CC(=O)OC%11C1CC2CC%109O)C(C=O)(CC56C4)C78O)C3. The van der Waals surface area contributed by atoms with Crippen LogP contribution in [0.15, 0.2) is 90.5 Å². The number of carbonyl (C=O) groups excluding carboxylic acids is 2. The van der Waals surface area contributed by atoms with Crippen molar-refractivity contribution >= 4 is 12.3 Å². The van der Waals surface area contributed by atoms with E-state index in [9.17, 15) is 15.0 Å². The van der Waals surface area contributed by atoms with Gasteiger partial charge in [0.25, 0.3) is 0 Å². The van der Waals surface area contributed by atoms with Gasteiger partial charge in [0.2, 0.25) is 0 Å². The number of aryl methyl sites for hydroxylation is 1. The smallest absolute Gasteiger partial charge is 0.331 e. The molecule has 23 unspecified atom stereocenters. The highest BCUT2D eigenvalue weighted by atomic mass is 16.5. The average Bonchev–Trinajstić information content (AvgIpc) is 1.63. The molecular weight excluding hydrogens is 1080 g/mol. The molecule has 3 aromatic carbocycles. The summed E-state index contributed by atoms with van der Waals surface area (Å²) in [6.45, 7) is 0.469. The summed E-state index contributed by atoms with van der Waals surface area (Å²) in [6.07, 6.45) is 23.9. The minimum absolute atomic E-state index is 0.109. The molecular formula is C77H93NO9. The van der Waals surface area contributed by atoms with Crippen molar-refractivity contribution in [2.24, 2.45) is 98.6 Å². The molecule has 6 N–H and O–H groups in total. The molecule has 16 aliphatic rings. The summed E-state index contributed by atoms with van der Waals surface area (Å²) in [6, 6.07) is 24.3. The monoisotopic (exact) mass is 1180 g/mol. The van der Waals surface area contributed by atoms with Crippen LogP contribution < -0.4 is 5.32 Å². The molecule has 19 rings (SSSR count). The van der Waals surface area contributed by atoms with Gasteiger partial charge < -0.3 is 45.1 Å². The van der Waals surface area contributed by atoms with Gasteiger partial charge in [0.15, 0.2) is 0 Å². The Morgan fingerprint density at radius 2 is 1.57 bits per heavy atom. The normalized spacial score (nSPS) is 47.9. The van der Waals surface area contributed by atoms with Crippen LogP contribution >= 0.6 is 0 Å². The first-order valence-electron chi connectivity index (χ1n) is 34.8. The summed E-state index contributed by atoms with van der Waals surface area (Å²) >= 11 is 0. The lowest BCUT2D eigenvalue weighted by molar-refractivity contribution is -0.390. The fourth-order valence-electron chi connectivity index (χ4n) is 26.0. The number of hydrogen-bond donors (Lipinski definition) is 6. The van der Waals surface area contributed by atoms with Crippen molar-refractivity contribution in [3.63, 3.8) is 0 Å². The number of esters is 1. The van der Waals surface area contributed by atoms with Crippen LogP contribution in [0.4, 0.5) is 0 Å². The first-order valence-corrected chi connectivity index (χ1v) is 34.8. The van der Waals surface area contributed by atoms with Crippen molar-refractivity contribution in [2.45, 2.75) is 202 Å². The zero-order valence-electron chi connectivity index (χ0n) is 51.2. The number of rotatable bonds is 4. The van der Waals surface area contributed by atoms with Crippen LogP contribution in [0.3, 0.4) is 0 Å². The predicted molar refractivity (Wildman–Crippen MR) is 330 cm³/mol. The van der Waals surface area contributed by atoms with Crippen molar-refractivity contribution < 1.29 is 44.6 Å². The van der Waals surface area contributed by atoms with E-state index in [0.29, 0.717) is 75.7 Å². The predicted octanol–water partition coefficient (Wildman–Crippen LogP) is 10.5. The van der Waals surface area contributed by atoms with Gasteiger partial charge in [-0.3, -0.25) is 0 Å². The van der Waals surface area contributed by atoms with Crippen molar-refractivity contribution in [1.29, 1.82) is 0 Å². The number of benzene rings is 3. The number of likely N-dealkylation sites (N-methyl/N-ethyl adjacent to an activating group) is 1. The van der Waals surface area contributed by atoms with E-state index in [1.165, 1.54) is 47.9 Å². The fraction of sp³-hybridized carbons (Fsp3) is 0.662. The summed E-state index contributed by atoms with van der Waals surface area (Å²) in [5.41, 5.74) is -0.893. The second-order valence-corrected chi connectivity index (χ2v) is 32.2. The average molecular weight is 1180 g/mol. The van der Waals surface area contributed by atoms with E-state index >= 15 is 20.1 Å². The first kappa shape index (κ1) is 56.5. The maximum atomic E-state index is 15.9. The van der Waals surface area contributed by atoms with Crippen molar-refractivity contribution in [2.75, 3.05) is 13.7 Å². The Balaban J connectivity index is 0.904. The molecule has 14 aliphatic carbocycles. The Kier molecular flexibility index (Phi) is 13.2.